The summed E-state index contributed by atoms with van der Waals surface area (Å²) in [6.45, 7) is 9.23. The largest absolute Gasteiger partial charge is 0.307 e. The van der Waals surface area contributed by atoms with Crippen LogP contribution >= 0.6 is 11.3 Å². The molecular formula is C24H28N4S. The van der Waals surface area contributed by atoms with Crippen LogP contribution in [0.5, 0.6) is 0 Å². The topological polar surface area (TPSA) is 42.7 Å². The average molecular weight is 405 g/mol. The molecule has 0 bridgehead atoms. The predicted octanol–water partition coefficient (Wildman–Crippen LogP) is 5.87. The van der Waals surface area contributed by atoms with Crippen molar-refractivity contribution in [1.82, 2.24) is 20.1 Å². The predicted molar refractivity (Wildman–Crippen MR) is 123 cm³/mol. The summed E-state index contributed by atoms with van der Waals surface area (Å²) < 4.78 is 3.15. The van der Waals surface area contributed by atoms with Crippen LogP contribution in [-0.4, -0.2) is 25.8 Å². The summed E-state index contributed by atoms with van der Waals surface area (Å²) in [5.74, 6) is 0.508. The number of aromatic nitrogens is 3. The molecule has 1 aliphatic heterocycles. The quantitative estimate of drug-likeness (QED) is 0.454. The zero-order chi connectivity index (χ0) is 20.4. The lowest BCUT2D eigenvalue weighted by Gasteiger charge is -2.46. The van der Waals surface area contributed by atoms with Crippen LogP contribution in [0.4, 0.5) is 0 Å². The molecule has 2 aromatic heterocycles. The van der Waals surface area contributed by atoms with Crippen molar-refractivity contribution in [1.29, 1.82) is 0 Å². The highest BCUT2D eigenvalue weighted by atomic mass is 32.1. The van der Waals surface area contributed by atoms with Gasteiger partial charge in [0.05, 0.1) is 20.7 Å². The molecule has 4 nitrogen and oxygen atoms in total. The minimum atomic E-state index is 0.133. The molecule has 0 saturated carbocycles. The number of fused-ring (bicyclic) bond motifs is 2. The molecule has 0 spiro atoms. The summed E-state index contributed by atoms with van der Waals surface area (Å²) in [4.78, 5) is 5.03. The van der Waals surface area contributed by atoms with Crippen molar-refractivity contribution in [3.8, 4) is 11.1 Å². The standard InChI is InChI=1S/C24H28N4S/c1-23(2)12-18(13-24(3,4)27-23)22-25-20-9-7-16(11-21(20)29-22)15-6-8-19-17(10-15)14-28(5)26-19/h6-11,14,18,27H,12-13H2,1-5H3. The second kappa shape index (κ2) is 6.38. The van der Waals surface area contributed by atoms with Crippen molar-refractivity contribution in [2.75, 3.05) is 0 Å². The molecule has 1 N–H and O–H groups in total. The van der Waals surface area contributed by atoms with E-state index in [-0.39, 0.29) is 11.1 Å². The van der Waals surface area contributed by atoms with Crippen LogP contribution in [-0.2, 0) is 7.05 Å². The molecule has 1 fully saturated rings. The van der Waals surface area contributed by atoms with E-state index in [0.29, 0.717) is 5.92 Å². The van der Waals surface area contributed by atoms with Crippen LogP contribution in [0.1, 0.15) is 51.5 Å². The van der Waals surface area contributed by atoms with Crippen LogP contribution in [0.2, 0.25) is 0 Å². The van der Waals surface area contributed by atoms with E-state index in [0.717, 1.165) is 23.9 Å². The van der Waals surface area contributed by atoms with Gasteiger partial charge in [0, 0.05) is 35.6 Å². The van der Waals surface area contributed by atoms with Crippen molar-refractivity contribution in [3.63, 3.8) is 0 Å². The molecule has 0 atom stereocenters. The highest BCUT2D eigenvalue weighted by Gasteiger charge is 2.39. The van der Waals surface area contributed by atoms with E-state index in [2.05, 4.69) is 80.7 Å². The third-order valence-electron chi connectivity index (χ3n) is 5.90. The third kappa shape index (κ3) is 3.58. The third-order valence-corrected chi connectivity index (χ3v) is 7.08. The molecule has 2 aromatic carbocycles. The highest BCUT2D eigenvalue weighted by Crippen LogP contribution is 2.42. The van der Waals surface area contributed by atoms with E-state index in [1.165, 1.54) is 26.2 Å². The molecule has 5 rings (SSSR count). The molecule has 1 saturated heterocycles. The molecular weight excluding hydrogens is 376 g/mol. The zero-order valence-corrected chi connectivity index (χ0v) is 18.6. The monoisotopic (exact) mass is 404 g/mol. The van der Waals surface area contributed by atoms with Gasteiger partial charge in [-0.15, -0.1) is 11.3 Å². The first kappa shape index (κ1) is 18.8. The Kier molecular flexibility index (Phi) is 4.13. The fourth-order valence-corrected chi connectivity index (χ4v) is 6.23. The highest BCUT2D eigenvalue weighted by molar-refractivity contribution is 7.18. The molecule has 0 aliphatic carbocycles. The van der Waals surface area contributed by atoms with Gasteiger partial charge < -0.3 is 5.32 Å². The van der Waals surface area contributed by atoms with Gasteiger partial charge in [-0.25, -0.2) is 4.98 Å². The average Bonchev–Trinajstić information content (AvgIpc) is 3.19. The molecule has 0 amide bonds. The SMILES string of the molecule is Cn1cc2cc(-c3ccc4nc(C5CC(C)(C)NC(C)(C)C5)sc4c3)ccc2n1. The minimum absolute atomic E-state index is 0.133. The van der Waals surface area contributed by atoms with Gasteiger partial charge in [-0.05, 0) is 75.9 Å². The van der Waals surface area contributed by atoms with E-state index in [1.54, 1.807) is 0 Å². The van der Waals surface area contributed by atoms with Crippen molar-refractivity contribution in [2.24, 2.45) is 7.05 Å². The summed E-state index contributed by atoms with van der Waals surface area (Å²) in [6, 6.07) is 13.2. The van der Waals surface area contributed by atoms with Gasteiger partial charge in [-0.1, -0.05) is 12.1 Å². The van der Waals surface area contributed by atoms with E-state index in [9.17, 15) is 0 Å². The van der Waals surface area contributed by atoms with Crippen molar-refractivity contribution < 1.29 is 0 Å². The van der Waals surface area contributed by atoms with Crippen LogP contribution in [0.25, 0.3) is 32.2 Å². The number of piperidine rings is 1. The van der Waals surface area contributed by atoms with Crippen molar-refractivity contribution in [3.05, 3.63) is 47.6 Å². The van der Waals surface area contributed by atoms with Crippen LogP contribution in [0, 0.1) is 0 Å². The Labute approximate surface area is 176 Å². The summed E-state index contributed by atoms with van der Waals surface area (Å²) in [5, 5.41) is 10.7. The number of nitrogens with zero attached hydrogens (tertiary/aromatic N) is 3. The Morgan fingerprint density at radius 1 is 0.966 bits per heavy atom. The number of aryl methyl sites for hydroxylation is 1. The van der Waals surface area contributed by atoms with Gasteiger partial charge in [0.1, 0.15) is 0 Å². The normalized spacial score (nSPS) is 19.2. The Balaban J connectivity index is 1.51. The molecule has 3 heterocycles. The van der Waals surface area contributed by atoms with Crippen LogP contribution in [0.3, 0.4) is 0 Å². The number of rotatable bonds is 2. The maximum Gasteiger partial charge on any atom is 0.0970 e. The van der Waals surface area contributed by atoms with Gasteiger partial charge >= 0.3 is 0 Å². The Morgan fingerprint density at radius 2 is 1.62 bits per heavy atom. The van der Waals surface area contributed by atoms with E-state index in [1.807, 2.05) is 23.1 Å². The number of hydrogen-bond donors (Lipinski definition) is 1. The first-order valence-corrected chi connectivity index (χ1v) is 11.1. The molecule has 0 radical (unpaired) electrons. The second-order valence-corrected chi connectivity index (χ2v) is 10.9. The second-order valence-electron chi connectivity index (χ2n) is 9.81. The molecule has 5 heteroatoms. The molecule has 29 heavy (non-hydrogen) atoms. The lowest BCUT2D eigenvalue weighted by Crippen LogP contribution is -2.57. The van der Waals surface area contributed by atoms with E-state index in [4.69, 9.17) is 4.98 Å². The van der Waals surface area contributed by atoms with Gasteiger partial charge in [0.15, 0.2) is 0 Å². The summed E-state index contributed by atoms with van der Waals surface area (Å²) >= 11 is 1.87. The smallest absolute Gasteiger partial charge is 0.0970 e. The van der Waals surface area contributed by atoms with Gasteiger partial charge in [-0.3, -0.25) is 4.68 Å². The number of thiazole rings is 1. The Morgan fingerprint density at radius 3 is 2.34 bits per heavy atom. The molecule has 4 aromatic rings. The zero-order valence-electron chi connectivity index (χ0n) is 17.8. The minimum Gasteiger partial charge on any atom is -0.307 e. The van der Waals surface area contributed by atoms with Gasteiger partial charge in [0.25, 0.3) is 0 Å². The number of hydrogen-bond acceptors (Lipinski definition) is 4. The van der Waals surface area contributed by atoms with Gasteiger partial charge in [0.2, 0.25) is 0 Å². The van der Waals surface area contributed by atoms with Gasteiger partial charge in [-0.2, -0.15) is 5.10 Å². The summed E-state index contributed by atoms with van der Waals surface area (Å²) in [5.41, 5.74) is 4.89. The fourth-order valence-electron chi connectivity index (χ4n) is 5.12. The Hall–Kier alpha value is -2.24. The first-order valence-electron chi connectivity index (χ1n) is 10.3. The summed E-state index contributed by atoms with van der Waals surface area (Å²) in [6.07, 6.45) is 4.32. The first-order chi connectivity index (χ1) is 13.7. The maximum absolute atomic E-state index is 5.03. The molecule has 1 aliphatic rings. The lowest BCUT2D eigenvalue weighted by atomic mass is 9.76. The summed E-state index contributed by atoms with van der Waals surface area (Å²) in [7, 11) is 1.97. The van der Waals surface area contributed by atoms with Crippen LogP contribution < -0.4 is 5.32 Å². The fraction of sp³-hybridized carbons (Fsp3) is 0.417. The molecule has 0 unspecified atom stereocenters. The number of nitrogens with one attached hydrogen (secondary N) is 1. The number of benzene rings is 2. The van der Waals surface area contributed by atoms with Crippen molar-refractivity contribution >= 4 is 32.5 Å². The van der Waals surface area contributed by atoms with E-state index >= 15 is 0 Å². The molecule has 150 valence electrons. The van der Waals surface area contributed by atoms with Crippen LogP contribution in [0.15, 0.2) is 42.6 Å². The maximum atomic E-state index is 5.03. The van der Waals surface area contributed by atoms with Crippen molar-refractivity contribution in [2.45, 2.75) is 57.5 Å². The Bertz CT molecular complexity index is 1200. The van der Waals surface area contributed by atoms with E-state index < -0.39 is 0 Å². The lowest BCUT2D eigenvalue weighted by molar-refractivity contribution is 0.161.